The van der Waals surface area contributed by atoms with E-state index in [4.69, 9.17) is 0 Å². The van der Waals surface area contributed by atoms with Gasteiger partial charge in [0.15, 0.2) is 0 Å². The van der Waals surface area contributed by atoms with Crippen molar-refractivity contribution in [3.8, 4) is 0 Å². The fraction of sp³-hybridized carbons (Fsp3) is 0.308. The SMILES string of the molecule is CNc1ccncc1C(=O)NCCc1nccn1C. The van der Waals surface area contributed by atoms with Crippen LogP contribution in [0.25, 0.3) is 0 Å². The summed E-state index contributed by atoms with van der Waals surface area (Å²) < 4.78 is 1.94. The van der Waals surface area contributed by atoms with Crippen molar-refractivity contribution in [1.82, 2.24) is 19.9 Å². The monoisotopic (exact) mass is 259 g/mol. The summed E-state index contributed by atoms with van der Waals surface area (Å²) in [6.07, 6.45) is 7.54. The van der Waals surface area contributed by atoms with Crippen LogP contribution in [0.1, 0.15) is 16.2 Å². The van der Waals surface area contributed by atoms with Crippen LogP contribution >= 0.6 is 0 Å². The molecular formula is C13H17N5O. The third-order valence-electron chi connectivity index (χ3n) is 2.89. The Kier molecular flexibility index (Phi) is 4.12. The van der Waals surface area contributed by atoms with E-state index in [1.807, 2.05) is 17.8 Å². The molecule has 0 unspecified atom stereocenters. The van der Waals surface area contributed by atoms with Crippen LogP contribution in [0.15, 0.2) is 30.9 Å². The third-order valence-corrected chi connectivity index (χ3v) is 2.89. The number of anilines is 1. The first kappa shape index (κ1) is 13.1. The molecule has 6 nitrogen and oxygen atoms in total. The quantitative estimate of drug-likeness (QED) is 0.834. The van der Waals surface area contributed by atoms with E-state index in [0.717, 1.165) is 11.5 Å². The van der Waals surface area contributed by atoms with Gasteiger partial charge in [0.05, 0.1) is 5.56 Å². The van der Waals surface area contributed by atoms with Gasteiger partial charge in [-0.2, -0.15) is 0 Å². The third kappa shape index (κ3) is 3.09. The molecule has 0 atom stereocenters. The van der Waals surface area contributed by atoms with E-state index in [2.05, 4.69) is 20.6 Å². The topological polar surface area (TPSA) is 71.8 Å². The van der Waals surface area contributed by atoms with Gasteiger partial charge in [-0.3, -0.25) is 9.78 Å². The molecule has 2 aromatic heterocycles. The maximum Gasteiger partial charge on any atom is 0.254 e. The highest BCUT2D eigenvalue weighted by Crippen LogP contribution is 2.11. The second-order valence-corrected chi connectivity index (χ2v) is 4.13. The number of amides is 1. The standard InChI is InChI=1S/C13H17N5O/c1-14-11-3-5-15-9-10(11)13(19)17-6-4-12-16-7-8-18(12)2/h3,5,7-9H,4,6H2,1-2H3,(H,14,15)(H,17,19). The van der Waals surface area contributed by atoms with Crippen LogP contribution in [-0.2, 0) is 13.5 Å². The fourth-order valence-corrected chi connectivity index (χ4v) is 1.81. The Morgan fingerprint density at radius 1 is 1.42 bits per heavy atom. The lowest BCUT2D eigenvalue weighted by Crippen LogP contribution is -2.27. The minimum Gasteiger partial charge on any atom is -0.387 e. The molecule has 0 aromatic carbocycles. The van der Waals surface area contributed by atoms with Gasteiger partial charge in [0, 0.05) is 57.5 Å². The Morgan fingerprint density at radius 2 is 2.26 bits per heavy atom. The Bertz CT molecular complexity index is 564. The average Bonchev–Trinajstić information content (AvgIpc) is 2.84. The predicted octanol–water partition coefficient (Wildman–Crippen LogP) is 0.829. The van der Waals surface area contributed by atoms with Gasteiger partial charge in [-0.1, -0.05) is 0 Å². The zero-order chi connectivity index (χ0) is 13.7. The number of hydrogen-bond acceptors (Lipinski definition) is 4. The molecule has 0 saturated carbocycles. The van der Waals surface area contributed by atoms with Gasteiger partial charge >= 0.3 is 0 Å². The summed E-state index contributed by atoms with van der Waals surface area (Å²) in [5.74, 6) is 0.812. The van der Waals surface area contributed by atoms with Crippen molar-refractivity contribution in [3.63, 3.8) is 0 Å². The van der Waals surface area contributed by atoms with Crippen LogP contribution in [0.4, 0.5) is 5.69 Å². The molecule has 19 heavy (non-hydrogen) atoms. The Hall–Kier alpha value is -2.37. The van der Waals surface area contributed by atoms with Crippen molar-refractivity contribution in [2.75, 3.05) is 18.9 Å². The van der Waals surface area contributed by atoms with Crippen LogP contribution in [-0.4, -0.2) is 34.0 Å². The number of aryl methyl sites for hydroxylation is 1. The maximum absolute atomic E-state index is 12.0. The lowest BCUT2D eigenvalue weighted by molar-refractivity contribution is 0.0954. The molecule has 2 aromatic rings. The summed E-state index contributed by atoms with van der Waals surface area (Å²) in [6, 6.07) is 1.77. The number of hydrogen-bond donors (Lipinski definition) is 2. The van der Waals surface area contributed by atoms with Gasteiger partial charge in [0.2, 0.25) is 0 Å². The molecule has 0 bridgehead atoms. The van der Waals surface area contributed by atoms with E-state index in [0.29, 0.717) is 18.5 Å². The molecule has 0 aliphatic heterocycles. The number of aromatic nitrogens is 3. The first-order valence-electron chi connectivity index (χ1n) is 6.08. The minimum atomic E-state index is -0.133. The largest absolute Gasteiger partial charge is 0.387 e. The Morgan fingerprint density at radius 3 is 2.95 bits per heavy atom. The van der Waals surface area contributed by atoms with E-state index >= 15 is 0 Å². The van der Waals surface area contributed by atoms with Crippen LogP contribution in [0.5, 0.6) is 0 Å². The van der Waals surface area contributed by atoms with Gasteiger partial charge in [-0.25, -0.2) is 4.98 Å². The average molecular weight is 259 g/mol. The predicted molar refractivity (Wildman–Crippen MR) is 73.0 cm³/mol. The van der Waals surface area contributed by atoms with E-state index in [1.54, 1.807) is 31.7 Å². The number of carbonyl (C=O) groups is 1. The second-order valence-electron chi connectivity index (χ2n) is 4.13. The second kappa shape index (κ2) is 5.99. The molecule has 2 rings (SSSR count). The summed E-state index contributed by atoms with van der Waals surface area (Å²) in [6.45, 7) is 0.543. The molecule has 2 N–H and O–H groups in total. The zero-order valence-corrected chi connectivity index (χ0v) is 11.1. The summed E-state index contributed by atoms with van der Waals surface area (Å²) in [5, 5.41) is 5.84. The molecule has 1 amide bonds. The van der Waals surface area contributed by atoms with Crippen LogP contribution < -0.4 is 10.6 Å². The molecular weight excluding hydrogens is 242 g/mol. The molecule has 2 heterocycles. The molecule has 0 fully saturated rings. The molecule has 100 valence electrons. The molecule has 0 saturated heterocycles. The van der Waals surface area contributed by atoms with Crippen molar-refractivity contribution < 1.29 is 4.79 Å². The van der Waals surface area contributed by atoms with E-state index < -0.39 is 0 Å². The molecule has 0 aliphatic carbocycles. The Balaban J connectivity index is 1.93. The summed E-state index contributed by atoms with van der Waals surface area (Å²) in [7, 11) is 3.71. The van der Waals surface area contributed by atoms with Crippen LogP contribution in [0, 0.1) is 0 Å². The van der Waals surface area contributed by atoms with Crippen molar-refractivity contribution >= 4 is 11.6 Å². The maximum atomic E-state index is 12.0. The highest BCUT2D eigenvalue weighted by atomic mass is 16.1. The van der Waals surface area contributed by atoms with Gasteiger partial charge in [0.1, 0.15) is 5.82 Å². The lowest BCUT2D eigenvalue weighted by Gasteiger charge is -2.09. The normalized spacial score (nSPS) is 10.2. The summed E-state index contributed by atoms with van der Waals surface area (Å²) >= 11 is 0. The first-order valence-corrected chi connectivity index (χ1v) is 6.08. The number of rotatable bonds is 5. The van der Waals surface area contributed by atoms with Crippen molar-refractivity contribution in [2.45, 2.75) is 6.42 Å². The number of imidazole rings is 1. The van der Waals surface area contributed by atoms with Crippen molar-refractivity contribution in [3.05, 3.63) is 42.2 Å². The molecule has 0 spiro atoms. The first-order chi connectivity index (χ1) is 9.22. The number of carbonyl (C=O) groups excluding carboxylic acids is 1. The van der Waals surface area contributed by atoms with Gasteiger partial charge in [-0.15, -0.1) is 0 Å². The molecule has 6 heteroatoms. The zero-order valence-electron chi connectivity index (χ0n) is 11.1. The van der Waals surface area contributed by atoms with Gasteiger partial charge in [-0.05, 0) is 6.07 Å². The van der Waals surface area contributed by atoms with Gasteiger partial charge in [0.25, 0.3) is 5.91 Å². The van der Waals surface area contributed by atoms with Gasteiger partial charge < -0.3 is 15.2 Å². The molecule has 0 radical (unpaired) electrons. The number of nitrogens with one attached hydrogen (secondary N) is 2. The van der Waals surface area contributed by atoms with Crippen molar-refractivity contribution in [1.29, 1.82) is 0 Å². The smallest absolute Gasteiger partial charge is 0.254 e. The number of nitrogens with zero attached hydrogens (tertiary/aromatic N) is 3. The fourth-order valence-electron chi connectivity index (χ4n) is 1.81. The summed E-state index contributed by atoms with van der Waals surface area (Å²) in [4.78, 5) is 20.2. The lowest BCUT2D eigenvalue weighted by atomic mass is 10.2. The highest BCUT2D eigenvalue weighted by Gasteiger charge is 2.10. The van der Waals surface area contributed by atoms with E-state index in [9.17, 15) is 4.79 Å². The Labute approximate surface area is 111 Å². The number of pyridine rings is 1. The highest BCUT2D eigenvalue weighted by molar-refractivity contribution is 5.99. The van der Waals surface area contributed by atoms with Crippen LogP contribution in [0.3, 0.4) is 0 Å². The van der Waals surface area contributed by atoms with Crippen molar-refractivity contribution in [2.24, 2.45) is 7.05 Å². The van der Waals surface area contributed by atoms with E-state index in [1.165, 1.54) is 0 Å². The minimum absolute atomic E-state index is 0.133. The van der Waals surface area contributed by atoms with Crippen LogP contribution in [0.2, 0.25) is 0 Å². The summed E-state index contributed by atoms with van der Waals surface area (Å²) in [5.41, 5.74) is 1.31. The van der Waals surface area contributed by atoms with E-state index in [-0.39, 0.29) is 5.91 Å². The molecule has 0 aliphatic rings.